The zero-order valence-electron chi connectivity index (χ0n) is 9.59. The lowest BCUT2D eigenvalue weighted by molar-refractivity contribution is 0.117. The van der Waals surface area contributed by atoms with Crippen LogP contribution in [0.15, 0.2) is 0 Å². The van der Waals surface area contributed by atoms with Gasteiger partial charge in [0.05, 0.1) is 13.2 Å². The first kappa shape index (κ1) is 12.0. The summed E-state index contributed by atoms with van der Waals surface area (Å²) in [4.78, 5) is 2.14. The van der Waals surface area contributed by atoms with Crippen molar-refractivity contribution in [2.24, 2.45) is 5.92 Å². The van der Waals surface area contributed by atoms with Gasteiger partial charge in [-0.1, -0.05) is 6.42 Å². The summed E-state index contributed by atoms with van der Waals surface area (Å²) >= 11 is 0. The molecule has 1 saturated carbocycles. The van der Waals surface area contributed by atoms with Gasteiger partial charge >= 0.3 is 0 Å². The molecule has 3 heteroatoms. The highest BCUT2D eigenvalue weighted by atomic mass is 16.5. The monoisotopic (exact) mass is 200 g/mol. The van der Waals surface area contributed by atoms with Crippen molar-refractivity contribution in [3.63, 3.8) is 0 Å². The first-order valence-corrected chi connectivity index (χ1v) is 5.72. The van der Waals surface area contributed by atoms with Crippen molar-refractivity contribution in [2.75, 3.05) is 46.9 Å². The van der Waals surface area contributed by atoms with Crippen molar-refractivity contribution < 1.29 is 4.74 Å². The third-order valence-electron chi connectivity index (χ3n) is 2.76. The Hall–Kier alpha value is -0.120. The lowest BCUT2D eigenvalue weighted by atomic mass is 9.85. The van der Waals surface area contributed by atoms with E-state index >= 15 is 0 Å². The molecule has 0 radical (unpaired) electrons. The van der Waals surface area contributed by atoms with Gasteiger partial charge in [-0.2, -0.15) is 0 Å². The molecule has 0 bridgehead atoms. The molecule has 0 heterocycles. The molecule has 0 aromatic rings. The summed E-state index contributed by atoms with van der Waals surface area (Å²) in [5, 5.41) is 3.44. The number of likely N-dealkylation sites (N-methyl/N-ethyl adjacent to an activating group) is 1. The second-order valence-corrected chi connectivity index (χ2v) is 4.42. The summed E-state index contributed by atoms with van der Waals surface area (Å²) in [5.41, 5.74) is 0. The molecule has 1 aliphatic rings. The van der Waals surface area contributed by atoms with Crippen LogP contribution in [0.2, 0.25) is 0 Å². The average molecular weight is 200 g/mol. The normalized spacial score (nSPS) is 17.4. The van der Waals surface area contributed by atoms with Gasteiger partial charge in [-0.3, -0.25) is 0 Å². The van der Waals surface area contributed by atoms with Gasteiger partial charge < -0.3 is 15.0 Å². The smallest absolute Gasteiger partial charge is 0.0593 e. The Morgan fingerprint density at radius 2 is 2.07 bits per heavy atom. The van der Waals surface area contributed by atoms with Crippen LogP contribution in [0.1, 0.15) is 19.3 Å². The van der Waals surface area contributed by atoms with E-state index < -0.39 is 0 Å². The summed E-state index contributed by atoms with van der Waals surface area (Å²) in [5.74, 6) is 0.955. The quantitative estimate of drug-likeness (QED) is 0.591. The van der Waals surface area contributed by atoms with Gasteiger partial charge in [0.15, 0.2) is 0 Å². The van der Waals surface area contributed by atoms with E-state index in [1.165, 1.54) is 25.8 Å². The molecule has 0 aromatic heterocycles. The fraction of sp³-hybridized carbons (Fsp3) is 1.00. The van der Waals surface area contributed by atoms with Crippen LogP contribution in [0.25, 0.3) is 0 Å². The van der Waals surface area contributed by atoms with Crippen molar-refractivity contribution in [3.8, 4) is 0 Å². The van der Waals surface area contributed by atoms with E-state index in [-0.39, 0.29) is 0 Å². The van der Waals surface area contributed by atoms with Gasteiger partial charge in [-0.05, 0) is 39.4 Å². The highest BCUT2D eigenvalue weighted by molar-refractivity contribution is 4.71. The maximum atomic E-state index is 5.47. The van der Waals surface area contributed by atoms with Gasteiger partial charge in [0.1, 0.15) is 0 Å². The van der Waals surface area contributed by atoms with Crippen LogP contribution in [-0.2, 0) is 4.74 Å². The number of ether oxygens (including phenoxy) is 1. The Bertz CT molecular complexity index is 135. The zero-order chi connectivity index (χ0) is 10.2. The van der Waals surface area contributed by atoms with E-state index in [0.29, 0.717) is 0 Å². The van der Waals surface area contributed by atoms with Crippen molar-refractivity contribution in [3.05, 3.63) is 0 Å². The van der Waals surface area contributed by atoms with Gasteiger partial charge in [0.2, 0.25) is 0 Å². The van der Waals surface area contributed by atoms with Crippen LogP contribution in [-0.4, -0.2) is 51.8 Å². The van der Waals surface area contributed by atoms with Crippen LogP contribution in [0.3, 0.4) is 0 Å². The fourth-order valence-electron chi connectivity index (χ4n) is 1.50. The SMILES string of the molecule is CN(C)CCOCCNCC1CCC1. The molecule has 0 aliphatic heterocycles. The molecule has 0 saturated heterocycles. The third-order valence-corrected chi connectivity index (χ3v) is 2.76. The van der Waals surface area contributed by atoms with Crippen LogP contribution >= 0.6 is 0 Å². The second-order valence-electron chi connectivity index (χ2n) is 4.42. The Morgan fingerprint density at radius 3 is 2.64 bits per heavy atom. The molecule has 0 aromatic carbocycles. The molecule has 1 rings (SSSR count). The molecule has 1 N–H and O–H groups in total. The minimum Gasteiger partial charge on any atom is -0.379 e. The maximum absolute atomic E-state index is 5.47. The molecular formula is C11H24N2O. The summed E-state index contributed by atoms with van der Waals surface area (Å²) in [6.45, 7) is 4.91. The molecule has 0 atom stereocenters. The molecule has 14 heavy (non-hydrogen) atoms. The largest absolute Gasteiger partial charge is 0.379 e. The lowest BCUT2D eigenvalue weighted by Crippen LogP contribution is -2.30. The molecule has 3 nitrogen and oxygen atoms in total. The highest BCUT2D eigenvalue weighted by Gasteiger charge is 2.15. The predicted molar refractivity (Wildman–Crippen MR) is 59.6 cm³/mol. The number of nitrogens with zero attached hydrogens (tertiary/aromatic N) is 1. The number of hydrogen-bond acceptors (Lipinski definition) is 3. The molecule has 0 amide bonds. The molecular weight excluding hydrogens is 176 g/mol. The standard InChI is InChI=1S/C11H24N2O/c1-13(2)7-9-14-8-6-12-10-11-4-3-5-11/h11-12H,3-10H2,1-2H3. The van der Waals surface area contributed by atoms with Gasteiger partial charge in [-0.25, -0.2) is 0 Å². The molecule has 0 spiro atoms. The van der Waals surface area contributed by atoms with E-state index in [1.807, 2.05) is 0 Å². The van der Waals surface area contributed by atoms with E-state index in [0.717, 1.165) is 32.2 Å². The van der Waals surface area contributed by atoms with Crippen LogP contribution in [0, 0.1) is 5.92 Å². The Morgan fingerprint density at radius 1 is 1.29 bits per heavy atom. The lowest BCUT2D eigenvalue weighted by Gasteiger charge is -2.25. The van der Waals surface area contributed by atoms with Crippen LogP contribution in [0.5, 0.6) is 0 Å². The zero-order valence-corrected chi connectivity index (χ0v) is 9.59. The summed E-state index contributed by atoms with van der Waals surface area (Å²) < 4.78 is 5.47. The Kier molecular flexibility index (Phi) is 6.15. The van der Waals surface area contributed by atoms with Crippen molar-refractivity contribution in [2.45, 2.75) is 19.3 Å². The maximum Gasteiger partial charge on any atom is 0.0593 e. The molecule has 0 unspecified atom stereocenters. The minimum absolute atomic E-state index is 0.845. The first-order valence-electron chi connectivity index (χ1n) is 5.72. The molecule has 1 aliphatic carbocycles. The van der Waals surface area contributed by atoms with Crippen LogP contribution < -0.4 is 5.32 Å². The van der Waals surface area contributed by atoms with Crippen molar-refractivity contribution >= 4 is 0 Å². The highest BCUT2D eigenvalue weighted by Crippen LogP contribution is 2.24. The Labute approximate surface area is 87.8 Å². The molecule has 1 fully saturated rings. The second kappa shape index (κ2) is 7.21. The summed E-state index contributed by atoms with van der Waals surface area (Å²) in [6.07, 6.45) is 4.29. The third kappa shape index (κ3) is 5.58. The van der Waals surface area contributed by atoms with E-state index in [4.69, 9.17) is 4.74 Å². The van der Waals surface area contributed by atoms with E-state index in [1.54, 1.807) is 0 Å². The summed E-state index contributed by atoms with van der Waals surface area (Å²) in [7, 11) is 4.14. The number of hydrogen-bond donors (Lipinski definition) is 1. The van der Waals surface area contributed by atoms with Gasteiger partial charge in [0.25, 0.3) is 0 Å². The van der Waals surface area contributed by atoms with Gasteiger partial charge in [0, 0.05) is 13.1 Å². The fourth-order valence-corrected chi connectivity index (χ4v) is 1.50. The number of rotatable bonds is 8. The van der Waals surface area contributed by atoms with Crippen molar-refractivity contribution in [1.82, 2.24) is 10.2 Å². The molecule has 84 valence electrons. The van der Waals surface area contributed by atoms with Crippen LogP contribution in [0.4, 0.5) is 0 Å². The van der Waals surface area contributed by atoms with E-state index in [9.17, 15) is 0 Å². The predicted octanol–water partition coefficient (Wildman–Crippen LogP) is 0.954. The van der Waals surface area contributed by atoms with E-state index in [2.05, 4.69) is 24.3 Å². The Balaban J connectivity index is 1.71. The summed E-state index contributed by atoms with van der Waals surface area (Å²) in [6, 6.07) is 0. The minimum atomic E-state index is 0.845. The van der Waals surface area contributed by atoms with Gasteiger partial charge in [-0.15, -0.1) is 0 Å². The number of nitrogens with one attached hydrogen (secondary N) is 1. The average Bonchev–Trinajstić information content (AvgIpc) is 2.06. The first-order chi connectivity index (χ1) is 6.79. The topological polar surface area (TPSA) is 24.5 Å². The van der Waals surface area contributed by atoms with Crippen molar-refractivity contribution in [1.29, 1.82) is 0 Å².